The van der Waals surface area contributed by atoms with Gasteiger partial charge in [-0.3, -0.25) is 4.79 Å². The second kappa shape index (κ2) is 5.41. The second-order valence-corrected chi connectivity index (χ2v) is 5.86. The molecular formula is C14H18BrNO3. The fraction of sp³-hybridized carbons (Fsp3) is 0.500. The lowest BCUT2D eigenvalue weighted by Crippen LogP contribution is -2.32. The van der Waals surface area contributed by atoms with Gasteiger partial charge in [-0.2, -0.15) is 0 Å². The van der Waals surface area contributed by atoms with Crippen LogP contribution in [0.25, 0.3) is 0 Å². The van der Waals surface area contributed by atoms with E-state index in [9.17, 15) is 4.79 Å². The number of esters is 1. The lowest BCUT2D eigenvalue weighted by Gasteiger charge is -2.25. The molecule has 1 aliphatic carbocycles. The first-order valence-corrected chi connectivity index (χ1v) is 6.95. The summed E-state index contributed by atoms with van der Waals surface area (Å²) in [6.45, 7) is 0.645. The highest BCUT2D eigenvalue weighted by molar-refractivity contribution is 9.10. The molecule has 0 saturated heterocycles. The SMILES string of the molecule is COC(=O)C1(CN(C)c2cc(Br)ccc2OC)CC1. The Bertz CT molecular complexity index is 486. The number of hydrogen-bond donors (Lipinski definition) is 0. The van der Waals surface area contributed by atoms with Gasteiger partial charge in [-0.25, -0.2) is 0 Å². The number of halogens is 1. The summed E-state index contributed by atoms with van der Waals surface area (Å²) in [5.74, 6) is 0.680. The monoisotopic (exact) mass is 327 g/mol. The van der Waals surface area contributed by atoms with Crippen LogP contribution in [0.4, 0.5) is 5.69 Å². The van der Waals surface area contributed by atoms with Gasteiger partial charge in [-0.1, -0.05) is 15.9 Å². The molecule has 0 atom stereocenters. The van der Waals surface area contributed by atoms with Gasteiger partial charge in [-0.05, 0) is 31.0 Å². The van der Waals surface area contributed by atoms with Crippen LogP contribution in [-0.4, -0.2) is 33.8 Å². The summed E-state index contributed by atoms with van der Waals surface area (Å²) >= 11 is 3.46. The lowest BCUT2D eigenvalue weighted by molar-refractivity contribution is -0.146. The zero-order valence-electron chi connectivity index (χ0n) is 11.4. The smallest absolute Gasteiger partial charge is 0.313 e. The third kappa shape index (κ3) is 2.86. The molecule has 2 rings (SSSR count). The highest BCUT2D eigenvalue weighted by Crippen LogP contribution is 2.48. The summed E-state index contributed by atoms with van der Waals surface area (Å²) in [5, 5.41) is 0. The van der Waals surface area contributed by atoms with E-state index in [0.29, 0.717) is 6.54 Å². The van der Waals surface area contributed by atoms with Gasteiger partial charge in [0.25, 0.3) is 0 Å². The predicted octanol–water partition coefficient (Wildman–Crippen LogP) is 2.85. The molecule has 0 amide bonds. The van der Waals surface area contributed by atoms with Crippen molar-refractivity contribution in [1.82, 2.24) is 0 Å². The summed E-state index contributed by atoms with van der Waals surface area (Å²) in [5.41, 5.74) is 0.628. The molecule has 104 valence electrons. The molecule has 1 aromatic rings. The zero-order valence-corrected chi connectivity index (χ0v) is 13.0. The molecule has 1 fully saturated rings. The Hall–Kier alpha value is -1.23. The van der Waals surface area contributed by atoms with Gasteiger partial charge in [-0.15, -0.1) is 0 Å². The minimum atomic E-state index is -0.336. The van der Waals surface area contributed by atoms with Gasteiger partial charge >= 0.3 is 5.97 Å². The number of carbonyl (C=O) groups is 1. The topological polar surface area (TPSA) is 38.8 Å². The van der Waals surface area contributed by atoms with E-state index in [1.54, 1.807) is 7.11 Å². The molecule has 0 unspecified atom stereocenters. The van der Waals surface area contributed by atoms with Crippen LogP contribution in [-0.2, 0) is 9.53 Å². The number of carbonyl (C=O) groups excluding carboxylic acids is 1. The van der Waals surface area contributed by atoms with Crippen LogP contribution in [0.5, 0.6) is 5.75 Å². The van der Waals surface area contributed by atoms with Crippen LogP contribution in [0.2, 0.25) is 0 Å². The summed E-state index contributed by atoms with van der Waals surface area (Å²) in [6, 6.07) is 5.84. The predicted molar refractivity (Wildman–Crippen MR) is 77.6 cm³/mol. The summed E-state index contributed by atoms with van der Waals surface area (Å²) in [7, 11) is 5.06. The van der Waals surface area contributed by atoms with Gasteiger partial charge in [0.15, 0.2) is 0 Å². The van der Waals surface area contributed by atoms with Crippen molar-refractivity contribution < 1.29 is 14.3 Å². The maximum atomic E-state index is 11.8. The Morgan fingerprint density at radius 3 is 2.63 bits per heavy atom. The average Bonchev–Trinajstić information content (AvgIpc) is 3.18. The third-order valence-electron chi connectivity index (χ3n) is 3.56. The average molecular weight is 328 g/mol. The van der Waals surface area contributed by atoms with Crippen molar-refractivity contribution in [2.75, 3.05) is 32.7 Å². The normalized spacial score (nSPS) is 15.8. The molecule has 0 aromatic heterocycles. The van der Waals surface area contributed by atoms with Crippen molar-refractivity contribution in [1.29, 1.82) is 0 Å². The van der Waals surface area contributed by atoms with E-state index in [0.717, 1.165) is 28.8 Å². The number of benzene rings is 1. The lowest BCUT2D eigenvalue weighted by atomic mass is 10.1. The van der Waals surface area contributed by atoms with E-state index in [1.807, 2.05) is 30.1 Å². The summed E-state index contributed by atoms with van der Waals surface area (Å²) in [6.07, 6.45) is 1.78. The van der Waals surface area contributed by atoms with Gasteiger partial charge in [0, 0.05) is 18.1 Å². The van der Waals surface area contributed by atoms with Crippen molar-refractivity contribution in [3.05, 3.63) is 22.7 Å². The molecule has 0 radical (unpaired) electrons. The molecule has 0 bridgehead atoms. The van der Waals surface area contributed by atoms with E-state index >= 15 is 0 Å². The molecule has 1 aromatic carbocycles. The number of rotatable bonds is 5. The highest BCUT2D eigenvalue weighted by Gasteiger charge is 2.51. The summed E-state index contributed by atoms with van der Waals surface area (Å²) in [4.78, 5) is 13.8. The van der Waals surface area contributed by atoms with E-state index in [-0.39, 0.29) is 11.4 Å². The quantitative estimate of drug-likeness (QED) is 0.779. The molecule has 0 spiro atoms. The van der Waals surface area contributed by atoms with Crippen molar-refractivity contribution in [3.63, 3.8) is 0 Å². The van der Waals surface area contributed by atoms with Crippen molar-refractivity contribution >= 4 is 27.6 Å². The molecule has 0 aliphatic heterocycles. The minimum absolute atomic E-state index is 0.117. The Morgan fingerprint density at radius 1 is 1.42 bits per heavy atom. The Labute approximate surface area is 121 Å². The first-order valence-electron chi connectivity index (χ1n) is 6.15. The molecular weight excluding hydrogens is 310 g/mol. The van der Waals surface area contributed by atoms with E-state index in [2.05, 4.69) is 15.9 Å². The second-order valence-electron chi connectivity index (χ2n) is 4.94. The first-order chi connectivity index (χ1) is 9.02. The first kappa shape index (κ1) is 14.2. The molecule has 4 nitrogen and oxygen atoms in total. The van der Waals surface area contributed by atoms with Crippen molar-refractivity contribution in [2.24, 2.45) is 5.41 Å². The number of anilines is 1. The zero-order chi connectivity index (χ0) is 14.0. The molecule has 19 heavy (non-hydrogen) atoms. The highest BCUT2D eigenvalue weighted by atomic mass is 79.9. The number of nitrogens with zero attached hydrogens (tertiary/aromatic N) is 1. The standard InChI is InChI=1S/C14H18BrNO3/c1-16(9-14(6-7-14)13(17)19-3)11-8-10(15)4-5-12(11)18-2/h4-5,8H,6-7,9H2,1-3H3. The Kier molecular flexibility index (Phi) is 4.04. The molecule has 0 N–H and O–H groups in total. The van der Waals surface area contributed by atoms with Crippen LogP contribution in [0.3, 0.4) is 0 Å². The van der Waals surface area contributed by atoms with Gasteiger partial charge < -0.3 is 14.4 Å². The van der Waals surface area contributed by atoms with Gasteiger partial charge in [0.05, 0.1) is 25.3 Å². The van der Waals surface area contributed by atoms with Crippen LogP contribution < -0.4 is 9.64 Å². The molecule has 5 heteroatoms. The molecule has 1 aliphatic rings. The fourth-order valence-electron chi connectivity index (χ4n) is 2.29. The molecule has 0 heterocycles. The van der Waals surface area contributed by atoms with Crippen LogP contribution >= 0.6 is 15.9 Å². The number of ether oxygens (including phenoxy) is 2. The molecule has 1 saturated carbocycles. The Balaban J connectivity index is 2.18. The van der Waals surface area contributed by atoms with Crippen LogP contribution in [0, 0.1) is 5.41 Å². The maximum absolute atomic E-state index is 11.8. The number of hydrogen-bond acceptors (Lipinski definition) is 4. The minimum Gasteiger partial charge on any atom is -0.495 e. The van der Waals surface area contributed by atoms with Crippen LogP contribution in [0.1, 0.15) is 12.8 Å². The van der Waals surface area contributed by atoms with Crippen molar-refractivity contribution in [3.8, 4) is 5.75 Å². The van der Waals surface area contributed by atoms with Gasteiger partial charge in [0.1, 0.15) is 5.75 Å². The largest absolute Gasteiger partial charge is 0.495 e. The third-order valence-corrected chi connectivity index (χ3v) is 4.06. The van der Waals surface area contributed by atoms with E-state index in [1.165, 1.54) is 7.11 Å². The van der Waals surface area contributed by atoms with Crippen molar-refractivity contribution in [2.45, 2.75) is 12.8 Å². The van der Waals surface area contributed by atoms with Gasteiger partial charge in [0.2, 0.25) is 0 Å². The maximum Gasteiger partial charge on any atom is 0.313 e. The Morgan fingerprint density at radius 2 is 2.11 bits per heavy atom. The van der Waals surface area contributed by atoms with Crippen LogP contribution in [0.15, 0.2) is 22.7 Å². The fourth-order valence-corrected chi connectivity index (χ4v) is 2.64. The summed E-state index contributed by atoms with van der Waals surface area (Å²) < 4.78 is 11.2. The van der Waals surface area contributed by atoms with E-state index < -0.39 is 0 Å². The van der Waals surface area contributed by atoms with E-state index in [4.69, 9.17) is 9.47 Å². The number of methoxy groups -OCH3 is 2.